The van der Waals surface area contributed by atoms with E-state index in [1.165, 1.54) is 0 Å². The molecule has 0 spiro atoms. The molecule has 140 valence electrons. The first-order valence-electron chi connectivity index (χ1n) is 9.35. The fourth-order valence-corrected chi connectivity index (χ4v) is 4.49. The number of pyridine rings is 1. The van der Waals surface area contributed by atoms with Crippen molar-refractivity contribution >= 4 is 11.8 Å². The van der Waals surface area contributed by atoms with Crippen LogP contribution < -0.4 is 10.6 Å². The lowest BCUT2D eigenvalue weighted by atomic mass is 9.78. The van der Waals surface area contributed by atoms with Crippen LogP contribution in [0.4, 0.5) is 0 Å². The molecule has 7 nitrogen and oxygen atoms in total. The molecule has 2 N–H and O–H groups in total. The summed E-state index contributed by atoms with van der Waals surface area (Å²) in [4.78, 5) is 37.7. The molecule has 2 fully saturated rings. The number of rotatable bonds is 4. The maximum Gasteiger partial charge on any atom is 0.289 e. The fraction of sp³-hybridized carbons (Fsp3) is 0.450. The van der Waals surface area contributed by atoms with Gasteiger partial charge in [-0.25, -0.2) is 9.97 Å². The smallest absolute Gasteiger partial charge is 0.289 e. The van der Waals surface area contributed by atoms with Crippen LogP contribution in [0.3, 0.4) is 0 Å². The molecule has 2 amide bonds. The van der Waals surface area contributed by atoms with E-state index in [-0.39, 0.29) is 28.7 Å². The first-order valence-corrected chi connectivity index (χ1v) is 9.35. The Balaban J connectivity index is 1.48. The molecule has 0 aromatic carbocycles. The standard InChI is InChI=1S/C20H23N5O2/c1-14-6-12-22-16(23-14)18(27)25-20-8-4-7-19(13-20,9-10-20)24-17(26)15-5-2-3-11-21-15/h2-3,5-6,11-12H,4,7-10,13H2,1H3,(H,24,26)(H,25,27). The van der Waals surface area contributed by atoms with Crippen LogP contribution in [0.15, 0.2) is 36.7 Å². The average Bonchev–Trinajstić information content (AvgIpc) is 2.92. The van der Waals surface area contributed by atoms with Crippen LogP contribution >= 0.6 is 0 Å². The maximum atomic E-state index is 12.7. The molecule has 27 heavy (non-hydrogen) atoms. The summed E-state index contributed by atoms with van der Waals surface area (Å²) in [5.41, 5.74) is 0.597. The van der Waals surface area contributed by atoms with Crippen LogP contribution in [0.2, 0.25) is 0 Å². The van der Waals surface area contributed by atoms with Crippen LogP contribution in [0.25, 0.3) is 0 Å². The number of hydrogen-bond donors (Lipinski definition) is 2. The number of carbonyl (C=O) groups excluding carboxylic acids is 2. The Kier molecular flexibility index (Phi) is 4.37. The van der Waals surface area contributed by atoms with Gasteiger partial charge in [-0.2, -0.15) is 0 Å². The van der Waals surface area contributed by atoms with Crippen molar-refractivity contribution in [2.45, 2.75) is 56.5 Å². The van der Waals surface area contributed by atoms with Gasteiger partial charge in [0.05, 0.1) is 0 Å². The summed E-state index contributed by atoms with van der Waals surface area (Å²) in [5, 5.41) is 6.38. The monoisotopic (exact) mass is 365 g/mol. The first kappa shape index (κ1) is 17.6. The number of hydrogen-bond acceptors (Lipinski definition) is 5. The van der Waals surface area contributed by atoms with Gasteiger partial charge in [-0.3, -0.25) is 14.6 Å². The molecule has 0 saturated heterocycles. The molecule has 2 heterocycles. The Labute approximate surface area is 158 Å². The van der Waals surface area contributed by atoms with Crippen molar-refractivity contribution < 1.29 is 9.59 Å². The summed E-state index contributed by atoms with van der Waals surface area (Å²) in [7, 11) is 0. The minimum absolute atomic E-state index is 0.151. The first-order chi connectivity index (χ1) is 13.0. The second-order valence-corrected chi connectivity index (χ2v) is 7.74. The molecule has 2 aliphatic carbocycles. The van der Waals surface area contributed by atoms with Crippen LogP contribution in [0, 0.1) is 6.92 Å². The van der Waals surface area contributed by atoms with Gasteiger partial charge in [0.15, 0.2) is 0 Å². The van der Waals surface area contributed by atoms with E-state index in [1.807, 2.05) is 13.0 Å². The van der Waals surface area contributed by atoms with Gasteiger partial charge >= 0.3 is 0 Å². The molecule has 2 unspecified atom stereocenters. The second kappa shape index (κ2) is 6.72. The van der Waals surface area contributed by atoms with E-state index in [4.69, 9.17) is 0 Å². The third-order valence-electron chi connectivity index (χ3n) is 5.72. The molecule has 2 aromatic heterocycles. The fourth-order valence-electron chi connectivity index (χ4n) is 4.49. The Hall–Kier alpha value is -2.83. The number of nitrogens with one attached hydrogen (secondary N) is 2. The average molecular weight is 365 g/mol. The largest absolute Gasteiger partial charge is 0.345 e. The molecule has 0 aliphatic heterocycles. The summed E-state index contributed by atoms with van der Waals surface area (Å²) >= 11 is 0. The van der Waals surface area contributed by atoms with Crippen molar-refractivity contribution in [2.24, 2.45) is 0 Å². The van der Waals surface area contributed by atoms with Crippen LogP contribution in [-0.2, 0) is 0 Å². The lowest BCUT2D eigenvalue weighted by Gasteiger charge is -2.40. The third-order valence-corrected chi connectivity index (χ3v) is 5.72. The van der Waals surface area contributed by atoms with Crippen molar-refractivity contribution in [3.63, 3.8) is 0 Å². The van der Waals surface area contributed by atoms with Gasteiger partial charge in [0, 0.05) is 29.2 Å². The Bertz CT molecular complexity index is 872. The zero-order valence-corrected chi connectivity index (χ0v) is 15.4. The SMILES string of the molecule is Cc1ccnc(C(=O)NC23CCCC(NC(=O)c4ccccn4)(CC2)C3)n1. The van der Waals surface area contributed by atoms with Gasteiger partial charge < -0.3 is 10.6 Å². The Morgan fingerprint density at radius 1 is 0.926 bits per heavy atom. The maximum absolute atomic E-state index is 12.7. The minimum Gasteiger partial charge on any atom is -0.345 e. The number of amides is 2. The Morgan fingerprint density at radius 3 is 2.33 bits per heavy atom. The summed E-state index contributed by atoms with van der Waals surface area (Å²) in [6, 6.07) is 7.08. The van der Waals surface area contributed by atoms with Gasteiger partial charge in [0.2, 0.25) is 5.82 Å². The van der Waals surface area contributed by atoms with Crippen LogP contribution in [-0.4, -0.2) is 37.8 Å². The number of aryl methyl sites for hydroxylation is 1. The van der Waals surface area contributed by atoms with E-state index in [9.17, 15) is 9.59 Å². The van der Waals surface area contributed by atoms with E-state index < -0.39 is 0 Å². The highest BCUT2D eigenvalue weighted by Gasteiger charge is 2.52. The predicted octanol–water partition coefficient (Wildman–Crippen LogP) is 2.19. The molecular weight excluding hydrogens is 342 g/mol. The highest BCUT2D eigenvalue weighted by Crippen LogP contribution is 2.48. The third kappa shape index (κ3) is 3.54. The molecule has 2 aliphatic rings. The van der Waals surface area contributed by atoms with Crippen molar-refractivity contribution in [3.05, 3.63) is 53.9 Å². The topological polar surface area (TPSA) is 96.9 Å². The summed E-state index contributed by atoms with van der Waals surface area (Å²) in [6.45, 7) is 1.84. The molecule has 4 rings (SSSR count). The quantitative estimate of drug-likeness (QED) is 0.866. The lowest BCUT2D eigenvalue weighted by Crippen LogP contribution is -2.55. The molecule has 2 atom stereocenters. The second-order valence-electron chi connectivity index (χ2n) is 7.74. The van der Waals surface area contributed by atoms with Crippen molar-refractivity contribution in [1.82, 2.24) is 25.6 Å². The van der Waals surface area contributed by atoms with Crippen LogP contribution in [0.1, 0.15) is 65.3 Å². The molecule has 7 heteroatoms. The van der Waals surface area contributed by atoms with E-state index in [1.54, 1.807) is 30.6 Å². The van der Waals surface area contributed by atoms with Crippen molar-refractivity contribution in [2.75, 3.05) is 0 Å². The van der Waals surface area contributed by atoms with Gasteiger partial charge in [-0.05, 0) is 63.6 Å². The van der Waals surface area contributed by atoms with Gasteiger partial charge in [0.25, 0.3) is 11.8 Å². The van der Waals surface area contributed by atoms with Crippen LogP contribution in [0.5, 0.6) is 0 Å². The number of nitrogens with zero attached hydrogens (tertiary/aromatic N) is 3. The Morgan fingerprint density at radius 2 is 1.67 bits per heavy atom. The van der Waals surface area contributed by atoms with Crippen molar-refractivity contribution in [1.29, 1.82) is 0 Å². The number of carbonyl (C=O) groups is 2. The predicted molar refractivity (Wildman–Crippen MR) is 99.1 cm³/mol. The highest BCUT2D eigenvalue weighted by atomic mass is 16.2. The lowest BCUT2D eigenvalue weighted by molar-refractivity contribution is 0.0824. The molecule has 2 aromatic rings. The van der Waals surface area contributed by atoms with E-state index in [2.05, 4.69) is 25.6 Å². The minimum atomic E-state index is -0.306. The van der Waals surface area contributed by atoms with E-state index >= 15 is 0 Å². The van der Waals surface area contributed by atoms with E-state index in [0.717, 1.165) is 44.2 Å². The number of aromatic nitrogens is 3. The molecule has 0 radical (unpaired) electrons. The summed E-state index contributed by atoms with van der Waals surface area (Å²) in [6.07, 6.45) is 8.42. The zero-order valence-electron chi connectivity index (χ0n) is 15.4. The van der Waals surface area contributed by atoms with Gasteiger partial charge in [-0.15, -0.1) is 0 Å². The summed E-state index contributed by atoms with van der Waals surface area (Å²) < 4.78 is 0. The molecular formula is C20H23N5O2. The molecule has 2 bridgehead atoms. The summed E-state index contributed by atoms with van der Waals surface area (Å²) in [5.74, 6) is -0.195. The van der Waals surface area contributed by atoms with Gasteiger partial charge in [0.1, 0.15) is 5.69 Å². The van der Waals surface area contributed by atoms with E-state index in [0.29, 0.717) is 5.69 Å². The highest BCUT2D eigenvalue weighted by molar-refractivity contribution is 5.93. The zero-order chi connectivity index (χ0) is 18.9. The van der Waals surface area contributed by atoms with Crippen molar-refractivity contribution in [3.8, 4) is 0 Å². The van der Waals surface area contributed by atoms with Gasteiger partial charge in [-0.1, -0.05) is 6.07 Å². The normalized spacial score (nSPS) is 26.4. The number of fused-ring (bicyclic) bond motifs is 2. The molecule has 2 saturated carbocycles.